The van der Waals surface area contributed by atoms with Crippen LogP contribution in [0, 0.1) is 11.3 Å². The van der Waals surface area contributed by atoms with Crippen molar-refractivity contribution >= 4 is 0 Å². The fraction of sp³-hybridized carbons (Fsp3) is 1.00. The van der Waals surface area contributed by atoms with Gasteiger partial charge in [-0.2, -0.15) is 0 Å². The van der Waals surface area contributed by atoms with E-state index in [9.17, 15) is 0 Å². The van der Waals surface area contributed by atoms with Gasteiger partial charge in [0.2, 0.25) is 0 Å². The summed E-state index contributed by atoms with van der Waals surface area (Å²) in [7, 11) is 0. The van der Waals surface area contributed by atoms with Gasteiger partial charge in [0, 0.05) is 6.54 Å². The summed E-state index contributed by atoms with van der Waals surface area (Å²) >= 11 is 0. The zero-order chi connectivity index (χ0) is 9.15. The van der Waals surface area contributed by atoms with Gasteiger partial charge in [-0.15, -0.1) is 0 Å². The van der Waals surface area contributed by atoms with E-state index in [-0.39, 0.29) is 0 Å². The minimum atomic E-state index is 0.570. The highest BCUT2D eigenvalue weighted by Gasteiger charge is 2.27. The number of rotatable bonds is 4. The van der Waals surface area contributed by atoms with E-state index in [1.165, 1.54) is 51.9 Å². The molecule has 0 aromatic carbocycles. The van der Waals surface area contributed by atoms with Crippen molar-refractivity contribution in [3.63, 3.8) is 0 Å². The summed E-state index contributed by atoms with van der Waals surface area (Å²) in [6.07, 6.45) is 5.60. The number of nitrogens with one attached hydrogen (secondary N) is 2. The molecule has 1 aliphatic heterocycles. The van der Waals surface area contributed by atoms with Crippen LogP contribution in [0.15, 0.2) is 0 Å². The van der Waals surface area contributed by atoms with E-state index in [1.54, 1.807) is 0 Å². The Balaban J connectivity index is 1.64. The van der Waals surface area contributed by atoms with Crippen LogP contribution in [0.5, 0.6) is 0 Å². The Bertz CT molecular complexity index is 157. The van der Waals surface area contributed by atoms with Crippen molar-refractivity contribution in [2.75, 3.05) is 26.2 Å². The monoisotopic (exact) mass is 182 g/mol. The lowest BCUT2D eigenvalue weighted by Crippen LogP contribution is -2.41. The zero-order valence-electron chi connectivity index (χ0n) is 8.73. The second-order valence-corrected chi connectivity index (χ2v) is 5.13. The highest BCUT2D eigenvalue weighted by atomic mass is 14.9. The molecule has 13 heavy (non-hydrogen) atoms. The molecular formula is C11H22N2. The second-order valence-electron chi connectivity index (χ2n) is 5.13. The predicted octanol–water partition coefficient (Wildman–Crippen LogP) is 1.38. The third-order valence-electron chi connectivity index (χ3n) is 3.49. The highest BCUT2D eigenvalue weighted by molar-refractivity contribution is 4.84. The van der Waals surface area contributed by atoms with Crippen molar-refractivity contribution in [1.82, 2.24) is 10.6 Å². The van der Waals surface area contributed by atoms with E-state index >= 15 is 0 Å². The molecule has 0 aromatic rings. The van der Waals surface area contributed by atoms with Gasteiger partial charge in [-0.1, -0.05) is 6.92 Å². The van der Waals surface area contributed by atoms with Crippen LogP contribution in [0.4, 0.5) is 0 Å². The zero-order valence-corrected chi connectivity index (χ0v) is 8.73. The maximum Gasteiger partial charge on any atom is 0.000623 e. The molecule has 0 radical (unpaired) electrons. The molecule has 2 aliphatic rings. The first-order chi connectivity index (χ1) is 6.29. The molecule has 2 rings (SSSR count). The molecule has 0 bridgehead atoms. The van der Waals surface area contributed by atoms with Crippen LogP contribution in [0.3, 0.4) is 0 Å². The molecule has 1 aliphatic carbocycles. The molecule has 0 aromatic heterocycles. The van der Waals surface area contributed by atoms with Crippen LogP contribution < -0.4 is 10.6 Å². The minimum Gasteiger partial charge on any atom is -0.317 e. The highest BCUT2D eigenvalue weighted by Crippen LogP contribution is 2.29. The first-order valence-corrected chi connectivity index (χ1v) is 5.70. The Morgan fingerprint density at radius 2 is 2.00 bits per heavy atom. The van der Waals surface area contributed by atoms with E-state index in [1.807, 2.05) is 0 Å². The van der Waals surface area contributed by atoms with Crippen LogP contribution in [0.1, 0.15) is 32.6 Å². The molecule has 1 heterocycles. The van der Waals surface area contributed by atoms with E-state index in [2.05, 4.69) is 17.6 Å². The van der Waals surface area contributed by atoms with Crippen molar-refractivity contribution in [3.05, 3.63) is 0 Å². The molecule has 0 unspecified atom stereocenters. The fourth-order valence-electron chi connectivity index (χ4n) is 2.11. The maximum absolute atomic E-state index is 3.63. The van der Waals surface area contributed by atoms with Gasteiger partial charge in [-0.05, 0) is 56.7 Å². The van der Waals surface area contributed by atoms with E-state index in [0.717, 1.165) is 5.92 Å². The molecule has 0 amide bonds. The lowest BCUT2D eigenvalue weighted by atomic mass is 9.81. The summed E-state index contributed by atoms with van der Waals surface area (Å²) in [6, 6.07) is 0. The molecule has 1 saturated heterocycles. The first kappa shape index (κ1) is 9.47. The van der Waals surface area contributed by atoms with Gasteiger partial charge in [-0.25, -0.2) is 0 Å². The number of piperidine rings is 1. The van der Waals surface area contributed by atoms with Gasteiger partial charge in [-0.3, -0.25) is 0 Å². The SMILES string of the molecule is CC1(CNCC2CC2)CCNCC1. The molecular weight excluding hydrogens is 160 g/mol. The van der Waals surface area contributed by atoms with Gasteiger partial charge in [0.25, 0.3) is 0 Å². The molecule has 2 heteroatoms. The molecule has 0 spiro atoms. The second kappa shape index (κ2) is 3.97. The summed E-state index contributed by atoms with van der Waals surface area (Å²) < 4.78 is 0. The Hall–Kier alpha value is -0.0800. The Morgan fingerprint density at radius 1 is 1.31 bits per heavy atom. The van der Waals surface area contributed by atoms with Gasteiger partial charge >= 0.3 is 0 Å². The van der Waals surface area contributed by atoms with Crippen molar-refractivity contribution in [2.45, 2.75) is 32.6 Å². The van der Waals surface area contributed by atoms with Crippen molar-refractivity contribution in [2.24, 2.45) is 11.3 Å². The Kier molecular flexibility index (Phi) is 2.89. The van der Waals surface area contributed by atoms with Crippen molar-refractivity contribution in [3.8, 4) is 0 Å². The molecule has 1 saturated carbocycles. The van der Waals surface area contributed by atoms with Crippen LogP contribution in [0.25, 0.3) is 0 Å². The summed E-state index contributed by atoms with van der Waals surface area (Å²) in [5.41, 5.74) is 0.570. The lowest BCUT2D eigenvalue weighted by Gasteiger charge is -2.34. The topological polar surface area (TPSA) is 24.1 Å². The number of hydrogen-bond acceptors (Lipinski definition) is 2. The third kappa shape index (κ3) is 2.96. The van der Waals surface area contributed by atoms with Crippen LogP contribution >= 0.6 is 0 Å². The standard InChI is InChI=1S/C11H22N2/c1-11(4-6-12-7-5-11)9-13-8-10-2-3-10/h10,12-13H,2-9H2,1H3. The minimum absolute atomic E-state index is 0.570. The smallest absolute Gasteiger partial charge is 0.000623 e. The van der Waals surface area contributed by atoms with E-state index in [0.29, 0.717) is 5.41 Å². The van der Waals surface area contributed by atoms with Crippen LogP contribution in [0.2, 0.25) is 0 Å². The average Bonchev–Trinajstić information content (AvgIpc) is 2.89. The molecule has 76 valence electrons. The maximum atomic E-state index is 3.63. The van der Waals surface area contributed by atoms with Crippen LogP contribution in [-0.2, 0) is 0 Å². The largest absolute Gasteiger partial charge is 0.317 e. The predicted molar refractivity (Wildman–Crippen MR) is 55.8 cm³/mol. The van der Waals surface area contributed by atoms with Crippen molar-refractivity contribution < 1.29 is 0 Å². The lowest BCUT2D eigenvalue weighted by molar-refractivity contribution is 0.220. The van der Waals surface area contributed by atoms with Gasteiger partial charge < -0.3 is 10.6 Å². The van der Waals surface area contributed by atoms with Gasteiger partial charge in [0.05, 0.1) is 0 Å². The van der Waals surface area contributed by atoms with E-state index < -0.39 is 0 Å². The third-order valence-corrected chi connectivity index (χ3v) is 3.49. The molecule has 2 N–H and O–H groups in total. The first-order valence-electron chi connectivity index (χ1n) is 5.70. The molecule has 2 nitrogen and oxygen atoms in total. The quantitative estimate of drug-likeness (QED) is 0.686. The molecule has 2 fully saturated rings. The summed E-state index contributed by atoms with van der Waals surface area (Å²) in [6.45, 7) is 7.34. The Labute approximate surface area is 81.5 Å². The fourth-order valence-corrected chi connectivity index (χ4v) is 2.11. The van der Waals surface area contributed by atoms with Crippen molar-refractivity contribution in [1.29, 1.82) is 0 Å². The summed E-state index contributed by atoms with van der Waals surface area (Å²) in [4.78, 5) is 0. The Morgan fingerprint density at radius 3 is 2.62 bits per heavy atom. The summed E-state index contributed by atoms with van der Waals surface area (Å²) in [5, 5.41) is 7.05. The van der Waals surface area contributed by atoms with E-state index in [4.69, 9.17) is 0 Å². The number of hydrogen-bond donors (Lipinski definition) is 2. The summed E-state index contributed by atoms with van der Waals surface area (Å²) in [5.74, 6) is 1.02. The van der Waals surface area contributed by atoms with Gasteiger partial charge in [0.15, 0.2) is 0 Å². The normalized spacial score (nSPS) is 27.5. The van der Waals surface area contributed by atoms with Gasteiger partial charge in [0.1, 0.15) is 0 Å². The molecule has 0 atom stereocenters. The average molecular weight is 182 g/mol. The van der Waals surface area contributed by atoms with Crippen LogP contribution in [-0.4, -0.2) is 26.2 Å².